The van der Waals surface area contributed by atoms with Gasteiger partial charge in [0.2, 0.25) is 5.95 Å². The molecule has 0 saturated carbocycles. The van der Waals surface area contributed by atoms with Gasteiger partial charge in [0.15, 0.2) is 5.69 Å². The van der Waals surface area contributed by atoms with Crippen LogP contribution in [0.25, 0.3) is 0 Å². The molecule has 0 amide bonds. The molecule has 4 nitrogen and oxygen atoms in total. The summed E-state index contributed by atoms with van der Waals surface area (Å²) in [6.45, 7) is 6.78. The van der Waals surface area contributed by atoms with Crippen molar-refractivity contribution in [3.8, 4) is 0 Å². The first-order valence-corrected chi connectivity index (χ1v) is 7.38. The summed E-state index contributed by atoms with van der Waals surface area (Å²) in [5.41, 5.74) is -0.915. The molecule has 1 heterocycles. The molecule has 0 aliphatic heterocycles. The van der Waals surface area contributed by atoms with Crippen molar-refractivity contribution in [3.05, 3.63) is 11.8 Å². The lowest BCUT2D eigenvalue weighted by molar-refractivity contribution is -0.141. The molecule has 0 aliphatic rings. The number of aromatic nitrogens is 2. The van der Waals surface area contributed by atoms with Crippen LogP contribution in [0.1, 0.15) is 19.5 Å². The average Bonchev–Trinajstić information content (AvgIpc) is 2.42. The topological polar surface area (TPSA) is 41.1 Å². The molecule has 8 heteroatoms. The maximum atomic E-state index is 12.7. The molecule has 0 bridgehead atoms. The number of hydrogen-bond acceptors (Lipinski definition) is 5. The Morgan fingerprint density at radius 3 is 2.40 bits per heavy atom. The number of thioether (sulfide) groups is 1. The van der Waals surface area contributed by atoms with Gasteiger partial charge < -0.3 is 10.2 Å². The Labute approximate surface area is 121 Å². The summed E-state index contributed by atoms with van der Waals surface area (Å²) in [5, 5.41) is 2.89. The van der Waals surface area contributed by atoms with Crippen LogP contribution in [-0.2, 0) is 6.18 Å². The van der Waals surface area contributed by atoms with Crippen LogP contribution in [-0.4, -0.2) is 47.3 Å². The molecule has 0 radical (unpaired) electrons. The number of nitrogens with one attached hydrogen (secondary N) is 1. The summed E-state index contributed by atoms with van der Waals surface area (Å²) in [6.07, 6.45) is -4.46. The minimum absolute atomic E-state index is 0.00911. The first kappa shape index (κ1) is 17.0. The minimum atomic E-state index is -4.46. The van der Waals surface area contributed by atoms with Crippen molar-refractivity contribution in [1.29, 1.82) is 0 Å². The number of alkyl halides is 3. The zero-order chi connectivity index (χ0) is 15.2. The van der Waals surface area contributed by atoms with Gasteiger partial charge in [-0.25, -0.2) is 9.97 Å². The molecule has 0 unspecified atom stereocenters. The van der Waals surface area contributed by atoms with Gasteiger partial charge in [-0.2, -0.15) is 13.2 Å². The quantitative estimate of drug-likeness (QED) is 0.619. The summed E-state index contributed by atoms with van der Waals surface area (Å²) >= 11 is 1.31. The predicted molar refractivity (Wildman–Crippen MR) is 75.1 cm³/mol. The number of rotatable bonds is 7. The fourth-order valence-corrected chi connectivity index (χ4v) is 2.48. The van der Waals surface area contributed by atoms with Crippen molar-refractivity contribution in [2.75, 3.05) is 37.8 Å². The molecule has 20 heavy (non-hydrogen) atoms. The number of hydrogen-bond donors (Lipinski definition) is 1. The predicted octanol–water partition coefficient (Wildman–Crippen LogP) is 2.97. The number of halogens is 3. The van der Waals surface area contributed by atoms with E-state index in [-0.39, 0.29) is 5.95 Å². The lowest BCUT2D eigenvalue weighted by atomic mass is 10.4. The van der Waals surface area contributed by atoms with Gasteiger partial charge in [-0.1, -0.05) is 13.8 Å². The molecule has 0 aliphatic carbocycles. The summed E-state index contributed by atoms with van der Waals surface area (Å²) in [4.78, 5) is 9.67. The van der Waals surface area contributed by atoms with Gasteiger partial charge >= 0.3 is 6.18 Å². The largest absolute Gasteiger partial charge is 0.433 e. The minimum Gasteiger partial charge on any atom is -0.357 e. The van der Waals surface area contributed by atoms with E-state index in [0.29, 0.717) is 10.8 Å². The van der Waals surface area contributed by atoms with Crippen molar-refractivity contribution in [3.63, 3.8) is 0 Å². The van der Waals surface area contributed by atoms with E-state index in [1.54, 1.807) is 0 Å². The highest BCUT2D eigenvalue weighted by Crippen LogP contribution is 2.30. The average molecular weight is 308 g/mol. The van der Waals surface area contributed by atoms with Crippen LogP contribution in [0.2, 0.25) is 0 Å². The van der Waals surface area contributed by atoms with Crippen LogP contribution in [0.3, 0.4) is 0 Å². The second-order valence-electron chi connectivity index (χ2n) is 4.04. The third-order valence-corrected chi connectivity index (χ3v) is 3.66. The first-order valence-electron chi connectivity index (χ1n) is 6.39. The van der Waals surface area contributed by atoms with Crippen LogP contribution >= 0.6 is 11.8 Å². The van der Waals surface area contributed by atoms with Crippen LogP contribution in [0.5, 0.6) is 0 Å². The van der Waals surface area contributed by atoms with Crippen LogP contribution in [0, 0.1) is 0 Å². The number of nitrogens with zero attached hydrogens (tertiary/aromatic N) is 3. The van der Waals surface area contributed by atoms with Gasteiger partial charge in [0.25, 0.3) is 0 Å². The van der Waals surface area contributed by atoms with Crippen LogP contribution < -0.4 is 5.32 Å². The van der Waals surface area contributed by atoms with E-state index >= 15 is 0 Å². The highest BCUT2D eigenvalue weighted by molar-refractivity contribution is 7.99. The van der Waals surface area contributed by atoms with Gasteiger partial charge in [-0.3, -0.25) is 0 Å². The van der Waals surface area contributed by atoms with E-state index in [2.05, 4.69) is 34.0 Å². The second-order valence-corrected chi connectivity index (χ2v) is 5.15. The van der Waals surface area contributed by atoms with Crippen LogP contribution in [0.15, 0.2) is 11.1 Å². The lowest BCUT2D eigenvalue weighted by Gasteiger charge is -2.17. The Bertz CT molecular complexity index is 422. The molecular formula is C12H19F3N4S. The lowest BCUT2D eigenvalue weighted by Crippen LogP contribution is -2.25. The molecule has 0 saturated heterocycles. The van der Waals surface area contributed by atoms with E-state index in [1.807, 2.05) is 0 Å². The third kappa shape index (κ3) is 5.16. The molecule has 0 aromatic carbocycles. The second kappa shape index (κ2) is 7.68. The Morgan fingerprint density at radius 1 is 1.25 bits per heavy atom. The smallest absolute Gasteiger partial charge is 0.357 e. The van der Waals surface area contributed by atoms with Gasteiger partial charge in [0, 0.05) is 25.4 Å². The first-order chi connectivity index (χ1) is 9.40. The monoisotopic (exact) mass is 308 g/mol. The fraction of sp³-hybridized carbons (Fsp3) is 0.667. The van der Waals surface area contributed by atoms with E-state index in [4.69, 9.17) is 0 Å². The molecular weight excluding hydrogens is 289 g/mol. The van der Waals surface area contributed by atoms with Crippen molar-refractivity contribution >= 4 is 17.7 Å². The number of anilines is 1. The molecule has 0 atom stereocenters. The Hall–Kier alpha value is -1.02. The summed E-state index contributed by atoms with van der Waals surface area (Å²) in [5.74, 6) is 0.684. The van der Waals surface area contributed by atoms with Crippen LogP contribution in [0.4, 0.5) is 19.1 Å². The summed E-state index contributed by atoms with van der Waals surface area (Å²) < 4.78 is 38.1. The Morgan fingerprint density at radius 2 is 1.90 bits per heavy atom. The summed E-state index contributed by atoms with van der Waals surface area (Å²) in [6, 6.07) is 0.994. The molecule has 1 N–H and O–H groups in total. The van der Waals surface area contributed by atoms with Gasteiger partial charge in [-0.15, -0.1) is 11.8 Å². The van der Waals surface area contributed by atoms with Crippen molar-refractivity contribution in [2.45, 2.75) is 25.0 Å². The van der Waals surface area contributed by atoms with Crippen molar-refractivity contribution < 1.29 is 13.2 Å². The normalized spacial score (nSPS) is 11.9. The highest BCUT2D eigenvalue weighted by atomic mass is 32.2. The zero-order valence-corrected chi connectivity index (χ0v) is 12.6. The maximum absolute atomic E-state index is 12.7. The highest BCUT2D eigenvalue weighted by Gasteiger charge is 2.33. The van der Waals surface area contributed by atoms with E-state index < -0.39 is 11.9 Å². The van der Waals surface area contributed by atoms with Gasteiger partial charge in [-0.05, 0) is 13.1 Å². The van der Waals surface area contributed by atoms with E-state index in [1.165, 1.54) is 18.8 Å². The SMILES string of the molecule is CCN(CC)CCSc1cc(C(F)(F)F)nc(NC)n1. The van der Waals surface area contributed by atoms with Gasteiger partial charge in [0.1, 0.15) is 5.03 Å². The molecule has 0 spiro atoms. The van der Waals surface area contributed by atoms with E-state index in [9.17, 15) is 13.2 Å². The third-order valence-electron chi connectivity index (χ3n) is 2.77. The zero-order valence-electron chi connectivity index (χ0n) is 11.8. The molecule has 114 valence electrons. The van der Waals surface area contributed by atoms with E-state index in [0.717, 1.165) is 25.7 Å². The molecule has 1 aromatic rings. The standard InChI is InChI=1S/C12H19F3N4S/c1-4-19(5-2)6-7-20-10-8-9(12(13,14)15)17-11(16-3)18-10/h8H,4-7H2,1-3H3,(H,16,17,18). The molecule has 1 aromatic heterocycles. The molecule has 1 rings (SSSR count). The Kier molecular flexibility index (Phi) is 6.54. The maximum Gasteiger partial charge on any atom is 0.433 e. The van der Waals surface area contributed by atoms with Crippen molar-refractivity contribution in [2.24, 2.45) is 0 Å². The Balaban J connectivity index is 2.74. The fourth-order valence-electron chi connectivity index (χ4n) is 1.58. The van der Waals surface area contributed by atoms with Gasteiger partial charge in [0.05, 0.1) is 0 Å². The summed E-state index contributed by atoms with van der Waals surface area (Å²) in [7, 11) is 1.50. The van der Waals surface area contributed by atoms with Crippen molar-refractivity contribution in [1.82, 2.24) is 14.9 Å². The molecule has 0 fully saturated rings.